The van der Waals surface area contributed by atoms with Gasteiger partial charge in [0.1, 0.15) is 0 Å². The van der Waals surface area contributed by atoms with Crippen molar-refractivity contribution in [3.8, 4) is 0 Å². The lowest BCUT2D eigenvalue weighted by Crippen LogP contribution is -2.39. The third-order valence-electron chi connectivity index (χ3n) is 8.15. The van der Waals surface area contributed by atoms with E-state index in [9.17, 15) is 9.59 Å². The predicted octanol–water partition coefficient (Wildman–Crippen LogP) is 4.29. The molecular weight excluding hydrogens is 466 g/mol. The number of aryl methyl sites for hydroxylation is 1. The number of anilines is 1. The summed E-state index contributed by atoms with van der Waals surface area (Å²) in [6.45, 7) is 10.2. The minimum absolute atomic E-state index is 0.101. The standard InChI is InChI=1S/C29H41N5O3/c1-3-10-33(12-7-11-32-13-15-37-16-14-32)29(36)24-17-22-19-27-25(20-30-34(27)23-8-5-6-9-23)28(35)31-26(22)18-21(24)4-2/h17-18,20,23H,3-16,19H2,1-2H3,(H,31,35). The Hall–Kier alpha value is -2.71. The number of aromatic nitrogens is 2. The van der Waals surface area contributed by atoms with Gasteiger partial charge in [-0.05, 0) is 55.4 Å². The maximum atomic E-state index is 13.9. The van der Waals surface area contributed by atoms with Gasteiger partial charge < -0.3 is 15.0 Å². The number of nitrogens with zero attached hydrogens (tertiary/aromatic N) is 4. The normalized spacial score (nSPS) is 18.3. The Morgan fingerprint density at radius 1 is 1.16 bits per heavy atom. The maximum Gasteiger partial charge on any atom is 0.259 e. The molecule has 2 amide bonds. The van der Waals surface area contributed by atoms with Gasteiger partial charge >= 0.3 is 0 Å². The zero-order chi connectivity index (χ0) is 25.8. The van der Waals surface area contributed by atoms with Crippen LogP contribution in [0.3, 0.4) is 0 Å². The van der Waals surface area contributed by atoms with Crippen molar-refractivity contribution in [3.63, 3.8) is 0 Å². The highest BCUT2D eigenvalue weighted by molar-refractivity contribution is 6.07. The van der Waals surface area contributed by atoms with Gasteiger partial charge in [-0.1, -0.05) is 26.7 Å². The molecule has 3 heterocycles. The molecule has 37 heavy (non-hydrogen) atoms. The predicted molar refractivity (Wildman–Crippen MR) is 144 cm³/mol. The van der Waals surface area contributed by atoms with Gasteiger partial charge in [0, 0.05) is 50.4 Å². The molecule has 1 saturated heterocycles. The van der Waals surface area contributed by atoms with E-state index in [1.54, 1.807) is 6.20 Å². The summed E-state index contributed by atoms with van der Waals surface area (Å²) in [6, 6.07) is 4.43. The average molecular weight is 508 g/mol. The van der Waals surface area contributed by atoms with E-state index < -0.39 is 0 Å². The van der Waals surface area contributed by atoms with Crippen molar-refractivity contribution in [1.82, 2.24) is 19.6 Å². The van der Waals surface area contributed by atoms with Crippen LogP contribution in [0.1, 0.15) is 96.0 Å². The van der Waals surface area contributed by atoms with E-state index in [0.717, 1.165) is 106 Å². The molecule has 3 aliphatic rings. The highest BCUT2D eigenvalue weighted by atomic mass is 16.5. The van der Waals surface area contributed by atoms with Crippen molar-refractivity contribution in [2.75, 3.05) is 51.3 Å². The number of carbonyl (C=O) groups is 2. The quantitative estimate of drug-likeness (QED) is 0.548. The van der Waals surface area contributed by atoms with Crippen molar-refractivity contribution in [3.05, 3.63) is 46.3 Å². The summed E-state index contributed by atoms with van der Waals surface area (Å²) in [5.41, 5.74) is 5.21. The molecule has 0 radical (unpaired) electrons. The van der Waals surface area contributed by atoms with Crippen LogP contribution in [0.2, 0.25) is 0 Å². The van der Waals surface area contributed by atoms with Gasteiger partial charge in [-0.3, -0.25) is 19.2 Å². The number of ether oxygens (including phenoxy) is 1. The van der Waals surface area contributed by atoms with Gasteiger partial charge in [0.25, 0.3) is 11.8 Å². The maximum absolute atomic E-state index is 13.9. The van der Waals surface area contributed by atoms with Gasteiger partial charge in [0.15, 0.2) is 0 Å². The molecule has 0 spiro atoms. The second kappa shape index (κ2) is 11.8. The lowest BCUT2D eigenvalue weighted by Gasteiger charge is -2.29. The highest BCUT2D eigenvalue weighted by Gasteiger charge is 2.29. The van der Waals surface area contributed by atoms with Crippen LogP contribution >= 0.6 is 0 Å². The number of nitrogens with one attached hydrogen (secondary N) is 1. The minimum atomic E-state index is -0.102. The topological polar surface area (TPSA) is 79.7 Å². The molecule has 5 rings (SSSR count). The molecular formula is C29H41N5O3. The summed E-state index contributed by atoms with van der Waals surface area (Å²) in [4.78, 5) is 31.4. The van der Waals surface area contributed by atoms with Crippen LogP contribution in [0, 0.1) is 0 Å². The average Bonchev–Trinajstić information content (AvgIpc) is 3.57. The van der Waals surface area contributed by atoms with Crippen molar-refractivity contribution >= 4 is 17.5 Å². The molecule has 8 heteroatoms. The molecule has 1 saturated carbocycles. The lowest BCUT2D eigenvalue weighted by molar-refractivity contribution is 0.0357. The SMILES string of the molecule is CCCN(CCCN1CCOCC1)C(=O)c1cc2c(cc1CC)NC(=O)c1cnn(C3CCCC3)c1C2. The first-order valence-corrected chi connectivity index (χ1v) is 14.2. The molecule has 1 aliphatic carbocycles. The van der Waals surface area contributed by atoms with Crippen molar-refractivity contribution in [2.45, 2.75) is 71.3 Å². The summed E-state index contributed by atoms with van der Waals surface area (Å²) in [5.74, 6) is -0.00146. The molecule has 1 aromatic heterocycles. The van der Waals surface area contributed by atoms with Gasteiger partial charge in [-0.15, -0.1) is 0 Å². The molecule has 1 aromatic carbocycles. The van der Waals surface area contributed by atoms with Crippen LogP contribution in [0.15, 0.2) is 18.3 Å². The summed E-state index contributed by atoms with van der Waals surface area (Å²) in [7, 11) is 0. The van der Waals surface area contributed by atoms with Crippen LogP contribution in [0.25, 0.3) is 0 Å². The van der Waals surface area contributed by atoms with Crippen LogP contribution in [-0.2, 0) is 17.6 Å². The Kier molecular flexibility index (Phi) is 8.25. The molecule has 0 unspecified atom stereocenters. The first-order chi connectivity index (χ1) is 18.1. The summed E-state index contributed by atoms with van der Waals surface area (Å²) in [5, 5.41) is 7.75. The number of hydrogen-bond acceptors (Lipinski definition) is 5. The Bertz CT molecular complexity index is 1110. The Morgan fingerprint density at radius 2 is 1.95 bits per heavy atom. The van der Waals surface area contributed by atoms with Gasteiger partial charge in [-0.2, -0.15) is 5.10 Å². The van der Waals surface area contributed by atoms with E-state index in [1.807, 2.05) is 17.0 Å². The van der Waals surface area contributed by atoms with Crippen LogP contribution in [0.4, 0.5) is 5.69 Å². The lowest BCUT2D eigenvalue weighted by atomic mass is 9.96. The number of carbonyl (C=O) groups excluding carboxylic acids is 2. The van der Waals surface area contributed by atoms with E-state index in [0.29, 0.717) is 18.0 Å². The molecule has 8 nitrogen and oxygen atoms in total. The summed E-state index contributed by atoms with van der Waals surface area (Å²) >= 11 is 0. The van der Waals surface area contributed by atoms with Crippen LogP contribution in [-0.4, -0.2) is 77.3 Å². The molecule has 2 aliphatic heterocycles. The molecule has 0 bridgehead atoms. The number of morpholine rings is 1. The minimum Gasteiger partial charge on any atom is -0.379 e. The van der Waals surface area contributed by atoms with Gasteiger partial charge in [0.2, 0.25) is 0 Å². The monoisotopic (exact) mass is 507 g/mol. The van der Waals surface area contributed by atoms with E-state index in [1.165, 1.54) is 12.8 Å². The number of benzene rings is 1. The number of hydrogen-bond donors (Lipinski definition) is 1. The summed E-state index contributed by atoms with van der Waals surface area (Å²) in [6.07, 6.45) is 9.58. The van der Waals surface area contributed by atoms with E-state index >= 15 is 0 Å². The molecule has 0 atom stereocenters. The first-order valence-electron chi connectivity index (χ1n) is 14.2. The Morgan fingerprint density at radius 3 is 2.68 bits per heavy atom. The number of amides is 2. The fraction of sp³-hybridized carbons (Fsp3) is 0.621. The molecule has 200 valence electrons. The second-order valence-electron chi connectivity index (χ2n) is 10.6. The number of fused-ring (bicyclic) bond motifs is 2. The van der Waals surface area contributed by atoms with Gasteiger partial charge in [-0.25, -0.2) is 0 Å². The van der Waals surface area contributed by atoms with Crippen molar-refractivity contribution in [2.24, 2.45) is 0 Å². The number of rotatable bonds is 9. The van der Waals surface area contributed by atoms with E-state index in [4.69, 9.17) is 4.74 Å². The smallest absolute Gasteiger partial charge is 0.259 e. The fourth-order valence-corrected chi connectivity index (χ4v) is 6.10. The third-order valence-corrected chi connectivity index (χ3v) is 8.15. The van der Waals surface area contributed by atoms with E-state index in [2.05, 4.69) is 33.8 Å². The highest BCUT2D eigenvalue weighted by Crippen LogP contribution is 2.35. The van der Waals surface area contributed by atoms with Gasteiger partial charge in [0.05, 0.1) is 36.7 Å². The Balaban J connectivity index is 1.39. The van der Waals surface area contributed by atoms with Crippen LogP contribution < -0.4 is 5.32 Å². The zero-order valence-corrected chi connectivity index (χ0v) is 22.4. The molecule has 1 N–H and O–H groups in total. The fourth-order valence-electron chi connectivity index (χ4n) is 6.10. The van der Waals surface area contributed by atoms with Crippen LogP contribution in [0.5, 0.6) is 0 Å². The molecule has 2 aromatic rings. The summed E-state index contributed by atoms with van der Waals surface area (Å²) < 4.78 is 7.55. The Labute approximate surface area is 220 Å². The largest absolute Gasteiger partial charge is 0.379 e. The molecule has 2 fully saturated rings. The third kappa shape index (κ3) is 5.60. The van der Waals surface area contributed by atoms with Crippen molar-refractivity contribution < 1.29 is 14.3 Å². The first kappa shape index (κ1) is 25.9. The second-order valence-corrected chi connectivity index (χ2v) is 10.6. The zero-order valence-electron chi connectivity index (χ0n) is 22.4. The van der Waals surface area contributed by atoms with Crippen molar-refractivity contribution in [1.29, 1.82) is 0 Å². The van der Waals surface area contributed by atoms with E-state index in [-0.39, 0.29) is 11.8 Å².